The van der Waals surface area contributed by atoms with Gasteiger partial charge in [0.2, 0.25) is 17.5 Å². The van der Waals surface area contributed by atoms with Crippen molar-refractivity contribution in [1.82, 2.24) is 15.2 Å². The number of benzene rings is 3. The molecule has 10 heteroatoms. The van der Waals surface area contributed by atoms with E-state index in [0.717, 1.165) is 23.9 Å². The number of nitrogens with zero attached hydrogens (tertiary/aromatic N) is 5. The standard InChI is InChI=1S/C29H23N5O5/c35-26-16-23(32(19-14-15-19)17-24-29(37)39-31-34(24)21-6-2-1-3-7-21)28(36)33(26)20-12-10-18(11-13-20)27-30-22-8-4-5-9-25(22)38-27/h1-13,19,23H,14-17H2. The topological polar surface area (TPSA) is 120 Å². The highest BCUT2D eigenvalue weighted by Gasteiger charge is 2.48. The Morgan fingerprint density at radius 3 is 2.46 bits per heavy atom. The second-order valence-electron chi connectivity index (χ2n) is 9.78. The van der Waals surface area contributed by atoms with Crippen molar-refractivity contribution in [3.8, 4) is 23.1 Å². The molecule has 1 unspecified atom stereocenters. The predicted octanol–water partition coefficient (Wildman–Crippen LogP) is 3.13. The van der Waals surface area contributed by atoms with Gasteiger partial charge in [-0.25, -0.2) is 9.88 Å². The fourth-order valence-electron chi connectivity index (χ4n) is 5.14. The molecule has 194 valence electrons. The molecule has 2 aliphatic rings. The Morgan fingerprint density at radius 2 is 1.72 bits per heavy atom. The number of hydrogen-bond acceptors (Lipinski definition) is 8. The van der Waals surface area contributed by atoms with E-state index in [1.807, 2.05) is 59.5 Å². The molecule has 2 aromatic heterocycles. The number of aromatic nitrogens is 3. The van der Waals surface area contributed by atoms with Crippen LogP contribution in [0.5, 0.6) is 5.95 Å². The first kappa shape index (κ1) is 23.3. The third kappa shape index (κ3) is 4.15. The normalized spacial score (nSPS) is 17.6. The minimum atomic E-state index is -0.680. The molecule has 39 heavy (non-hydrogen) atoms. The van der Waals surface area contributed by atoms with Crippen LogP contribution in [-0.4, -0.2) is 39.1 Å². The van der Waals surface area contributed by atoms with Gasteiger partial charge < -0.3 is 14.0 Å². The van der Waals surface area contributed by atoms with E-state index < -0.39 is 12.0 Å². The Labute approximate surface area is 222 Å². The van der Waals surface area contributed by atoms with Crippen molar-refractivity contribution in [3.05, 3.63) is 84.6 Å². The number of carbonyl (C=O) groups is 2. The molecule has 0 bridgehead atoms. The smallest absolute Gasteiger partial charge is 0.254 e. The molecular weight excluding hydrogens is 498 g/mol. The largest absolute Gasteiger partial charge is 0.539 e. The predicted molar refractivity (Wildman–Crippen MR) is 136 cm³/mol. The molecule has 3 heterocycles. The number of fused-ring (bicyclic) bond motifs is 1. The Balaban J connectivity index is 1.14. The average molecular weight is 522 g/mol. The molecule has 0 N–H and O–H groups in total. The van der Waals surface area contributed by atoms with Crippen molar-refractivity contribution in [2.45, 2.75) is 37.9 Å². The van der Waals surface area contributed by atoms with Gasteiger partial charge >= 0.3 is 0 Å². The van der Waals surface area contributed by atoms with E-state index in [9.17, 15) is 14.7 Å². The van der Waals surface area contributed by atoms with Crippen LogP contribution in [0.2, 0.25) is 0 Å². The molecule has 1 atom stereocenters. The second-order valence-corrected chi connectivity index (χ2v) is 9.78. The van der Waals surface area contributed by atoms with Crippen molar-refractivity contribution in [2.24, 2.45) is 0 Å². The zero-order valence-corrected chi connectivity index (χ0v) is 20.8. The highest BCUT2D eigenvalue weighted by atomic mass is 16.6. The Hall–Kier alpha value is -4.83. The molecule has 0 radical (unpaired) electrons. The third-order valence-electron chi connectivity index (χ3n) is 7.24. The van der Waals surface area contributed by atoms with Crippen LogP contribution in [0.25, 0.3) is 28.2 Å². The van der Waals surface area contributed by atoms with Gasteiger partial charge in [0, 0.05) is 23.7 Å². The summed E-state index contributed by atoms with van der Waals surface area (Å²) >= 11 is 0. The van der Waals surface area contributed by atoms with Gasteiger partial charge in [0.25, 0.3) is 11.6 Å². The SMILES string of the molecule is O=C1CC(N(Cc2c([O-])on[n+]2-c2ccccc2)C2CC2)C(=O)N1c1ccc(-c2nc3ccccc3o2)cc1. The van der Waals surface area contributed by atoms with Gasteiger partial charge in [0.05, 0.1) is 30.0 Å². The summed E-state index contributed by atoms with van der Waals surface area (Å²) in [5.74, 6) is -0.688. The zero-order valence-electron chi connectivity index (χ0n) is 20.8. The number of imide groups is 1. The van der Waals surface area contributed by atoms with Crippen LogP contribution in [0.15, 0.2) is 87.8 Å². The molecule has 1 saturated heterocycles. The highest BCUT2D eigenvalue weighted by molar-refractivity contribution is 6.22. The lowest BCUT2D eigenvalue weighted by Gasteiger charge is -2.25. The first-order valence-corrected chi connectivity index (χ1v) is 12.8. The van der Waals surface area contributed by atoms with Crippen LogP contribution in [0.1, 0.15) is 25.0 Å². The van der Waals surface area contributed by atoms with Crippen LogP contribution in [0.4, 0.5) is 5.69 Å². The maximum absolute atomic E-state index is 13.6. The zero-order chi connectivity index (χ0) is 26.5. The Kier molecular flexibility index (Phi) is 5.48. The number of hydrogen-bond donors (Lipinski definition) is 0. The lowest BCUT2D eigenvalue weighted by atomic mass is 10.2. The van der Waals surface area contributed by atoms with E-state index in [1.54, 1.807) is 24.3 Å². The number of anilines is 1. The van der Waals surface area contributed by atoms with E-state index in [0.29, 0.717) is 28.5 Å². The van der Waals surface area contributed by atoms with Crippen LogP contribution < -0.4 is 14.7 Å². The summed E-state index contributed by atoms with van der Waals surface area (Å²) in [5.41, 5.74) is 3.67. The number of amides is 2. The molecule has 1 aliphatic carbocycles. The van der Waals surface area contributed by atoms with Gasteiger partial charge in [-0.2, -0.15) is 0 Å². The van der Waals surface area contributed by atoms with Crippen LogP contribution in [-0.2, 0) is 16.1 Å². The molecular formula is C29H23N5O5. The maximum atomic E-state index is 13.6. The molecule has 0 spiro atoms. The molecule has 10 nitrogen and oxygen atoms in total. The van der Waals surface area contributed by atoms with E-state index in [2.05, 4.69) is 10.3 Å². The minimum Gasteiger partial charge on any atom is -0.539 e. The summed E-state index contributed by atoms with van der Waals surface area (Å²) in [6, 6.07) is 23.2. The summed E-state index contributed by atoms with van der Waals surface area (Å²) in [6.07, 6.45) is 1.82. The monoisotopic (exact) mass is 521 g/mol. The lowest BCUT2D eigenvalue weighted by Crippen LogP contribution is -2.46. The average Bonchev–Trinajstić information content (AvgIpc) is 3.50. The van der Waals surface area contributed by atoms with Gasteiger partial charge in [-0.15, -0.1) is 0 Å². The van der Waals surface area contributed by atoms with Crippen molar-refractivity contribution in [1.29, 1.82) is 0 Å². The number of para-hydroxylation sites is 3. The van der Waals surface area contributed by atoms with Gasteiger partial charge in [0.15, 0.2) is 11.5 Å². The van der Waals surface area contributed by atoms with Gasteiger partial charge in [0.1, 0.15) is 5.52 Å². The number of rotatable bonds is 7. The molecule has 7 rings (SSSR count). The van der Waals surface area contributed by atoms with Crippen LogP contribution in [0.3, 0.4) is 0 Å². The minimum absolute atomic E-state index is 0.0347. The van der Waals surface area contributed by atoms with E-state index in [4.69, 9.17) is 8.94 Å². The Bertz CT molecular complexity index is 1660. The fraction of sp³-hybridized carbons (Fsp3) is 0.207. The fourth-order valence-corrected chi connectivity index (χ4v) is 5.14. The second kappa shape index (κ2) is 9.17. The van der Waals surface area contributed by atoms with Crippen LogP contribution in [0, 0.1) is 0 Å². The van der Waals surface area contributed by atoms with E-state index in [1.165, 1.54) is 9.58 Å². The lowest BCUT2D eigenvalue weighted by molar-refractivity contribution is -0.678. The molecule has 2 amide bonds. The molecule has 1 aliphatic heterocycles. The van der Waals surface area contributed by atoms with Gasteiger partial charge in [-0.3, -0.25) is 14.5 Å². The maximum Gasteiger partial charge on any atom is 0.254 e. The summed E-state index contributed by atoms with van der Waals surface area (Å²) < 4.78 is 12.3. The molecule has 3 aromatic carbocycles. The van der Waals surface area contributed by atoms with E-state index in [-0.39, 0.29) is 30.8 Å². The van der Waals surface area contributed by atoms with Gasteiger partial charge in [-0.1, -0.05) is 30.3 Å². The van der Waals surface area contributed by atoms with Crippen molar-refractivity contribution in [3.63, 3.8) is 0 Å². The molecule has 1 saturated carbocycles. The summed E-state index contributed by atoms with van der Waals surface area (Å²) in [6.45, 7) is 0.149. The number of carbonyl (C=O) groups excluding carboxylic acids is 2. The number of oxazole rings is 1. The quantitative estimate of drug-likeness (QED) is 0.237. The Morgan fingerprint density at radius 1 is 0.974 bits per heavy atom. The van der Waals surface area contributed by atoms with E-state index >= 15 is 0 Å². The third-order valence-corrected chi connectivity index (χ3v) is 7.24. The summed E-state index contributed by atoms with van der Waals surface area (Å²) in [7, 11) is 0. The summed E-state index contributed by atoms with van der Waals surface area (Å²) in [5, 5.41) is 16.5. The molecule has 5 aromatic rings. The van der Waals surface area contributed by atoms with Gasteiger partial charge in [-0.05, 0) is 53.9 Å². The van der Waals surface area contributed by atoms with Crippen LogP contribution >= 0.6 is 0 Å². The van der Waals surface area contributed by atoms with Crippen molar-refractivity contribution in [2.75, 3.05) is 4.90 Å². The van der Waals surface area contributed by atoms with Crippen molar-refractivity contribution < 1.29 is 28.3 Å². The first-order chi connectivity index (χ1) is 19.1. The van der Waals surface area contributed by atoms with Crippen molar-refractivity contribution >= 4 is 28.6 Å². The first-order valence-electron chi connectivity index (χ1n) is 12.8. The summed E-state index contributed by atoms with van der Waals surface area (Å²) in [4.78, 5) is 34.4. The molecule has 2 fully saturated rings. The highest BCUT2D eigenvalue weighted by Crippen LogP contribution is 2.36.